The quantitative estimate of drug-likeness (QED) is 0.741. The van der Waals surface area contributed by atoms with Crippen molar-refractivity contribution in [3.05, 3.63) is 30.3 Å². The standard InChI is InChI=1S/C6H5OSi.C4H9NO/c7-8-6-4-2-1-3-5-6;1-2-3-4(5)6/h1-5H;2-3H2,1H3,(H2,5,6). The van der Waals surface area contributed by atoms with Crippen LogP contribution in [0.2, 0.25) is 0 Å². The van der Waals surface area contributed by atoms with Gasteiger partial charge in [-0.2, -0.15) is 0 Å². The van der Waals surface area contributed by atoms with Crippen LogP contribution in [0, 0.1) is 0 Å². The van der Waals surface area contributed by atoms with Crippen molar-refractivity contribution in [1.82, 2.24) is 0 Å². The summed E-state index contributed by atoms with van der Waals surface area (Å²) in [5, 5.41) is 0.882. The molecule has 1 radical (unpaired) electrons. The van der Waals surface area contributed by atoms with Crippen LogP contribution in [0.25, 0.3) is 0 Å². The van der Waals surface area contributed by atoms with Gasteiger partial charge in [-0.3, -0.25) is 4.79 Å². The Morgan fingerprint density at radius 1 is 1.36 bits per heavy atom. The number of rotatable bonds is 3. The van der Waals surface area contributed by atoms with Crippen molar-refractivity contribution in [1.29, 1.82) is 0 Å². The summed E-state index contributed by atoms with van der Waals surface area (Å²) in [4.78, 5) is 9.82. The molecule has 0 unspecified atom stereocenters. The zero-order chi connectivity index (χ0) is 10.8. The zero-order valence-electron chi connectivity index (χ0n) is 8.19. The zero-order valence-corrected chi connectivity index (χ0v) is 9.19. The average molecular weight is 208 g/mol. The lowest BCUT2D eigenvalue weighted by molar-refractivity contribution is -0.118. The van der Waals surface area contributed by atoms with Crippen molar-refractivity contribution < 1.29 is 9.26 Å². The monoisotopic (exact) mass is 208 g/mol. The van der Waals surface area contributed by atoms with Gasteiger partial charge in [-0.25, -0.2) is 0 Å². The SMILES string of the molecule is CCCC(N)=O.O=[Si]c1ccccc1. The second-order valence-electron chi connectivity index (χ2n) is 2.68. The summed E-state index contributed by atoms with van der Waals surface area (Å²) >= 11 is 0. The van der Waals surface area contributed by atoms with Crippen molar-refractivity contribution in [2.75, 3.05) is 0 Å². The van der Waals surface area contributed by atoms with Crippen molar-refractivity contribution in [2.45, 2.75) is 19.8 Å². The van der Waals surface area contributed by atoms with Gasteiger partial charge in [0.05, 0.1) is 0 Å². The van der Waals surface area contributed by atoms with E-state index in [9.17, 15) is 9.26 Å². The molecular weight excluding hydrogens is 194 g/mol. The van der Waals surface area contributed by atoms with Gasteiger partial charge in [-0.1, -0.05) is 37.3 Å². The molecule has 4 heteroatoms. The summed E-state index contributed by atoms with van der Waals surface area (Å²) in [5.41, 5.74) is 4.76. The molecule has 1 aromatic carbocycles. The molecule has 0 atom stereocenters. The third-order valence-electron chi connectivity index (χ3n) is 1.39. The molecule has 0 saturated carbocycles. The van der Waals surface area contributed by atoms with Gasteiger partial charge >= 0.3 is 9.41 Å². The highest BCUT2D eigenvalue weighted by molar-refractivity contribution is 6.38. The number of primary amides is 1. The maximum Gasteiger partial charge on any atom is 0.365 e. The lowest BCUT2D eigenvalue weighted by Gasteiger charge is -1.81. The Labute approximate surface area is 86.2 Å². The maximum atomic E-state index is 10.2. The Bertz CT molecular complexity index is 275. The van der Waals surface area contributed by atoms with Crippen molar-refractivity contribution in [3.63, 3.8) is 0 Å². The average Bonchev–Trinajstić information content (AvgIpc) is 2.20. The van der Waals surface area contributed by atoms with Crippen molar-refractivity contribution in [2.24, 2.45) is 5.73 Å². The van der Waals surface area contributed by atoms with Crippen LogP contribution in [0.3, 0.4) is 0 Å². The fraction of sp³-hybridized carbons (Fsp3) is 0.300. The van der Waals surface area contributed by atoms with E-state index >= 15 is 0 Å². The van der Waals surface area contributed by atoms with Crippen LogP contribution < -0.4 is 10.9 Å². The van der Waals surface area contributed by atoms with Crippen LogP contribution in [0.1, 0.15) is 19.8 Å². The molecule has 0 fully saturated rings. The maximum absolute atomic E-state index is 10.2. The first-order chi connectivity index (χ1) is 6.70. The third kappa shape index (κ3) is 7.36. The van der Waals surface area contributed by atoms with Crippen LogP contribution in [0.15, 0.2) is 30.3 Å². The first-order valence-corrected chi connectivity index (χ1v) is 5.33. The van der Waals surface area contributed by atoms with E-state index in [2.05, 4.69) is 0 Å². The molecule has 0 aliphatic heterocycles. The fourth-order valence-electron chi connectivity index (χ4n) is 0.753. The molecule has 1 amide bonds. The number of nitrogens with two attached hydrogens (primary N) is 1. The predicted molar refractivity (Wildman–Crippen MR) is 56.6 cm³/mol. The van der Waals surface area contributed by atoms with E-state index in [0.717, 1.165) is 11.6 Å². The number of hydrogen-bond acceptors (Lipinski definition) is 2. The molecule has 14 heavy (non-hydrogen) atoms. The van der Waals surface area contributed by atoms with Gasteiger partial charge < -0.3 is 10.2 Å². The molecule has 1 rings (SSSR count). The van der Waals surface area contributed by atoms with E-state index in [1.807, 2.05) is 37.3 Å². The van der Waals surface area contributed by atoms with E-state index in [4.69, 9.17) is 5.73 Å². The van der Waals surface area contributed by atoms with Gasteiger partial charge in [0.25, 0.3) is 0 Å². The summed E-state index contributed by atoms with van der Waals surface area (Å²) in [6.07, 6.45) is 1.37. The van der Waals surface area contributed by atoms with Gasteiger partial charge in [0.2, 0.25) is 5.91 Å². The molecule has 0 aromatic heterocycles. The number of benzene rings is 1. The fourth-order valence-corrected chi connectivity index (χ4v) is 1.08. The molecule has 0 bridgehead atoms. The lowest BCUT2D eigenvalue weighted by atomic mass is 10.3. The Hall–Kier alpha value is -1.29. The molecule has 0 aliphatic rings. The summed E-state index contributed by atoms with van der Waals surface area (Å²) in [7, 11) is -0.320. The second kappa shape index (κ2) is 8.31. The Balaban J connectivity index is 0.000000255. The molecule has 3 nitrogen and oxygen atoms in total. The van der Waals surface area contributed by atoms with Gasteiger partial charge in [-0.15, -0.1) is 0 Å². The molecular formula is C10H14NO2Si. The number of carbonyl (C=O) groups is 1. The van der Waals surface area contributed by atoms with Crippen LogP contribution >= 0.6 is 0 Å². The van der Waals surface area contributed by atoms with Crippen molar-refractivity contribution in [3.8, 4) is 0 Å². The Morgan fingerprint density at radius 2 is 1.93 bits per heavy atom. The van der Waals surface area contributed by atoms with Gasteiger partial charge in [0, 0.05) is 6.42 Å². The minimum absolute atomic E-state index is 0.211. The molecule has 75 valence electrons. The minimum atomic E-state index is -0.320. The van der Waals surface area contributed by atoms with Crippen LogP contribution in [0.4, 0.5) is 0 Å². The van der Waals surface area contributed by atoms with E-state index < -0.39 is 0 Å². The highest BCUT2D eigenvalue weighted by atomic mass is 28.2. The molecule has 0 heterocycles. The first kappa shape index (κ1) is 12.7. The molecule has 0 saturated heterocycles. The van der Waals surface area contributed by atoms with Crippen LogP contribution in [0.5, 0.6) is 0 Å². The van der Waals surface area contributed by atoms with E-state index in [1.165, 1.54) is 0 Å². The number of hydrogen-bond donors (Lipinski definition) is 1. The normalized spacial score (nSPS) is 8.36. The van der Waals surface area contributed by atoms with Gasteiger partial charge in [0.1, 0.15) is 0 Å². The Morgan fingerprint density at radius 3 is 2.14 bits per heavy atom. The lowest BCUT2D eigenvalue weighted by Crippen LogP contribution is -2.08. The number of carbonyl (C=O) groups excluding carboxylic acids is 1. The molecule has 1 aromatic rings. The van der Waals surface area contributed by atoms with E-state index in [1.54, 1.807) is 0 Å². The Kier molecular flexibility index (Phi) is 7.54. The van der Waals surface area contributed by atoms with Gasteiger partial charge in [-0.05, 0) is 11.6 Å². The van der Waals surface area contributed by atoms with Gasteiger partial charge in [0.15, 0.2) is 0 Å². The largest absolute Gasteiger partial charge is 0.378 e. The first-order valence-electron chi connectivity index (χ1n) is 4.42. The highest BCUT2D eigenvalue weighted by Gasteiger charge is 1.84. The van der Waals surface area contributed by atoms with Crippen molar-refractivity contribution >= 4 is 20.5 Å². The summed E-state index contributed by atoms with van der Waals surface area (Å²) in [6.45, 7) is 1.92. The van der Waals surface area contributed by atoms with E-state index in [-0.39, 0.29) is 15.3 Å². The minimum Gasteiger partial charge on any atom is -0.378 e. The van der Waals surface area contributed by atoms with Crippen LogP contribution in [-0.2, 0) is 9.26 Å². The smallest absolute Gasteiger partial charge is 0.365 e. The van der Waals surface area contributed by atoms with E-state index in [0.29, 0.717) is 6.42 Å². The highest BCUT2D eigenvalue weighted by Crippen LogP contribution is 1.79. The number of amides is 1. The third-order valence-corrected chi connectivity index (χ3v) is 1.96. The predicted octanol–water partition coefficient (Wildman–Crippen LogP) is 0.633. The summed E-state index contributed by atoms with van der Waals surface area (Å²) < 4.78 is 10.2. The topological polar surface area (TPSA) is 60.2 Å². The summed E-state index contributed by atoms with van der Waals surface area (Å²) in [5.74, 6) is -0.211. The molecule has 0 aliphatic carbocycles. The molecule has 2 N–H and O–H groups in total. The molecule has 0 spiro atoms. The second-order valence-corrected chi connectivity index (χ2v) is 3.47. The summed E-state index contributed by atoms with van der Waals surface area (Å²) in [6, 6.07) is 9.33. The van der Waals surface area contributed by atoms with Crippen LogP contribution in [-0.4, -0.2) is 15.3 Å².